The van der Waals surface area contributed by atoms with Crippen LogP contribution in [0.2, 0.25) is 0 Å². The van der Waals surface area contributed by atoms with E-state index >= 15 is 0 Å². The van der Waals surface area contributed by atoms with Crippen LogP contribution in [0, 0.1) is 5.92 Å². The van der Waals surface area contributed by atoms with Gasteiger partial charge in [-0.15, -0.1) is 0 Å². The first-order valence-electron chi connectivity index (χ1n) is 7.74. The molecular formula is C16H33NO2S. The molecule has 0 aromatic carbocycles. The molecule has 0 radical (unpaired) electrons. The minimum Gasteiger partial charge on any atom is -0.444 e. The second kappa shape index (κ2) is 9.54. The zero-order valence-corrected chi connectivity index (χ0v) is 15.2. The molecule has 4 heteroatoms. The van der Waals surface area contributed by atoms with Gasteiger partial charge in [-0.3, -0.25) is 0 Å². The van der Waals surface area contributed by atoms with Crippen LogP contribution in [0.15, 0.2) is 0 Å². The van der Waals surface area contributed by atoms with Gasteiger partial charge in [0.1, 0.15) is 5.60 Å². The molecule has 0 saturated carbocycles. The Hall–Kier alpha value is -0.380. The number of nitrogens with zero attached hydrogens (tertiary/aromatic N) is 1. The van der Waals surface area contributed by atoms with Crippen molar-refractivity contribution in [2.24, 2.45) is 5.92 Å². The van der Waals surface area contributed by atoms with Crippen LogP contribution < -0.4 is 0 Å². The van der Waals surface area contributed by atoms with E-state index in [9.17, 15) is 4.79 Å². The molecule has 0 fully saturated rings. The Bertz CT molecular complexity index is 272. The number of carbonyl (C=O) groups is 1. The van der Waals surface area contributed by atoms with Crippen LogP contribution in [0.4, 0.5) is 4.79 Å². The maximum atomic E-state index is 12.3. The van der Waals surface area contributed by atoms with Gasteiger partial charge < -0.3 is 9.64 Å². The molecule has 0 heterocycles. The van der Waals surface area contributed by atoms with Gasteiger partial charge in [-0.2, -0.15) is 11.8 Å². The predicted octanol–water partition coefficient (Wildman–Crippen LogP) is 4.80. The van der Waals surface area contributed by atoms with Crippen molar-refractivity contribution in [3.8, 4) is 0 Å². The largest absolute Gasteiger partial charge is 0.444 e. The molecule has 3 nitrogen and oxygen atoms in total. The standard InChI is InChI=1S/C16H33NO2S/c1-8-13(3)10-11-17(12-14(9-2)20-7)15(18)19-16(4,5)6/h13-14H,8-12H2,1-7H3. The molecule has 0 rings (SSSR count). The van der Waals surface area contributed by atoms with Crippen LogP contribution in [0.3, 0.4) is 0 Å². The molecule has 0 saturated heterocycles. The Morgan fingerprint density at radius 2 is 1.85 bits per heavy atom. The SMILES string of the molecule is CCC(C)CCN(CC(CC)SC)C(=O)OC(C)(C)C. The van der Waals surface area contributed by atoms with Gasteiger partial charge in [-0.25, -0.2) is 4.79 Å². The summed E-state index contributed by atoms with van der Waals surface area (Å²) in [6.07, 6.45) is 5.20. The van der Waals surface area contributed by atoms with Crippen molar-refractivity contribution in [2.75, 3.05) is 19.3 Å². The Labute approximate surface area is 129 Å². The number of rotatable bonds is 8. The average Bonchev–Trinajstić information content (AvgIpc) is 2.36. The molecule has 2 atom stereocenters. The first kappa shape index (κ1) is 19.6. The van der Waals surface area contributed by atoms with E-state index in [1.807, 2.05) is 37.4 Å². The van der Waals surface area contributed by atoms with Crippen LogP contribution in [0.1, 0.15) is 60.8 Å². The molecule has 0 aromatic rings. The van der Waals surface area contributed by atoms with E-state index in [0.29, 0.717) is 11.2 Å². The Morgan fingerprint density at radius 1 is 1.25 bits per heavy atom. The van der Waals surface area contributed by atoms with Crippen molar-refractivity contribution in [3.63, 3.8) is 0 Å². The topological polar surface area (TPSA) is 29.5 Å². The third-order valence-corrected chi connectivity index (χ3v) is 4.60. The highest BCUT2D eigenvalue weighted by atomic mass is 32.2. The average molecular weight is 304 g/mol. The third kappa shape index (κ3) is 8.72. The fourth-order valence-electron chi connectivity index (χ4n) is 1.78. The van der Waals surface area contributed by atoms with Crippen molar-refractivity contribution in [2.45, 2.75) is 71.7 Å². The summed E-state index contributed by atoms with van der Waals surface area (Å²) in [6, 6.07) is 0. The number of carbonyl (C=O) groups excluding carboxylic acids is 1. The van der Waals surface area contributed by atoms with Gasteiger partial charge >= 0.3 is 6.09 Å². The summed E-state index contributed by atoms with van der Waals surface area (Å²) in [5.74, 6) is 0.647. The van der Waals surface area contributed by atoms with Crippen molar-refractivity contribution < 1.29 is 9.53 Å². The number of amides is 1. The molecule has 0 aliphatic rings. The van der Waals surface area contributed by atoms with E-state index in [-0.39, 0.29) is 6.09 Å². The van der Waals surface area contributed by atoms with E-state index in [0.717, 1.165) is 32.4 Å². The van der Waals surface area contributed by atoms with Gasteiger partial charge in [0.25, 0.3) is 0 Å². The number of ether oxygens (including phenoxy) is 1. The maximum absolute atomic E-state index is 12.3. The monoisotopic (exact) mass is 303 g/mol. The normalized spacial score (nSPS) is 14.8. The molecule has 0 bridgehead atoms. The van der Waals surface area contributed by atoms with Gasteiger partial charge in [0, 0.05) is 18.3 Å². The summed E-state index contributed by atoms with van der Waals surface area (Å²) < 4.78 is 5.53. The lowest BCUT2D eigenvalue weighted by Gasteiger charge is -2.30. The summed E-state index contributed by atoms with van der Waals surface area (Å²) in [4.78, 5) is 14.2. The zero-order valence-electron chi connectivity index (χ0n) is 14.4. The fourth-order valence-corrected chi connectivity index (χ4v) is 2.44. The molecule has 0 aromatic heterocycles. The molecule has 0 N–H and O–H groups in total. The van der Waals surface area contributed by atoms with E-state index in [1.54, 1.807) is 0 Å². The van der Waals surface area contributed by atoms with Crippen molar-refractivity contribution >= 4 is 17.9 Å². The summed E-state index contributed by atoms with van der Waals surface area (Å²) in [5.41, 5.74) is -0.424. The molecule has 0 aliphatic heterocycles. The zero-order chi connectivity index (χ0) is 15.8. The van der Waals surface area contributed by atoms with Gasteiger partial charge in [-0.1, -0.05) is 27.2 Å². The van der Waals surface area contributed by atoms with E-state index in [1.165, 1.54) is 0 Å². The lowest BCUT2D eigenvalue weighted by Crippen LogP contribution is -2.41. The van der Waals surface area contributed by atoms with Crippen molar-refractivity contribution in [1.29, 1.82) is 0 Å². The highest BCUT2D eigenvalue weighted by molar-refractivity contribution is 7.99. The van der Waals surface area contributed by atoms with Gasteiger partial charge in [0.2, 0.25) is 0 Å². The summed E-state index contributed by atoms with van der Waals surface area (Å²) in [7, 11) is 0. The minimum absolute atomic E-state index is 0.173. The van der Waals surface area contributed by atoms with Crippen LogP contribution in [0.25, 0.3) is 0 Å². The maximum Gasteiger partial charge on any atom is 0.410 e. The summed E-state index contributed by atoms with van der Waals surface area (Å²) >= 11 is 1.82. The van der Waals surface area contributed by atoms with Gasteiger partial charge in [0.15, 0.2) is 0 Å². The first-order chi connectivity index (χ1) is 9.23. The quantitative estimate of drug-likeness (QED) is 0.645. The van der Waals surface area contributed by atoms with Crippen LogP contribution in [0.5, 0.6) is 0 Å². The number of thioether (sulfide) groups is 1. The predicted molar refractivity (Wildman–Crippen MR) is 89.5 cm³/mol. The third-order valence-electron chi connectivity index (χ3n) is 3.45. The number of hydrogen-bond donors (Lipinski definition) is 0. The Morgan fingerprint density at radius 3 is 2.25 bits per heavy atom. The minimum atomic E-state index is -0.424. The first-order valence-corrected chi connectivity index (χ1v) is 9.02. The number of hydrogen-bond acceptors (Lipinski definition) is 3. The molecule has 0 spiro atoms. The smallest absolute Gasteiger partial charge is 0.410 e. The van der Waals surface area contributed by atoms with E-state index < -0.39 is 5.60 Å². The van der Waals surface area contributed by atoms with Crippen molar-refractivity contribution in [1.82, 2.24) is 4.90 Å². The highest BCUT2D eigenvalue weighted by Gasteiger charge is 2.24. The van der Waals surface area contributed by atoms with Gasteiger partial charge in [-0.05, 0) is 45.8 Å². The molecular weight excluding hydrogens is 270 g/mol. The van der Waals surface area contributed by atoms with E-state index in [4.69, 9.17) is 4.74 Å². The molecule has 2 unspecified atom stereocenters. The fraction of sp³-hybridized carbons (Fsp3) is 0.938. The lowest BCUT2D eigenvalue weighted by atomic mass is 10.1. The second-order valence-electron chi connectivity index (χ2n) is 6.49. The van der Waals surface area contributed by atoms with Crippen LogP contribution >= 0.6 is 11.8 Å². The van der Waals surface area contributed by atoms with Gasteiger partial charge in [0.05, 0.1) is 0 Å². The Balaban J connectivity index is 4.64. The molecule has 20 heavy (non-hydrogen) atoms. The summed E-state index contributed by atoms with van der Waals surface area (Å²) in [6.45, 7) is 13.9. The lowest BCUT2D eigenvalue weighted by molar-refractivity contribution is 0.0241. The van der Waals surface area contributed by atoms with Crippen LogP contribution in [-0.4, -0.2) is 41.2 Å². The second-order valence-corrected chi connectivity index (χ2v) is 7.63. The molecule has 0 aliphatic carbocycles. The molecule has 1 amide bonds. The Kier molecular flexibility index (Phi) is 9.36. The summed E-state index contributed by atoms with van der Waals surface area (Å²) in [5, 5.41) is 0.486. The highest BCUT2D eigenvalue weighted by Crippen LogP contribution is 2.17. The van der Waals surface area contributed by atoms with Crippen molar-refractivity contribution in [3.05, 3.63) is 0 Å². The van der Waals surface area contributed by atoms with Crippen LogP contribution in [-0.2, 0) is 4.74 Å². The van der Waals surface area contributed by atoms with E-state index in [2.05, 4.69) is 27.0 Å². The molecule has 120 valence electrons.